The number of aliphatic imine (C=N–C) groups is 1. The maximum absolute atomic E-state index is 13.0. The molecule has 1 N–H and O–H groups in total. The van der Waals surface area contributed by atoms with E-state index in [1.54, 1.807) is 45.3 Å². The van der Waals surface area contributed by atoms with E-state index in [2.05, 4.69) is 15.0 Å². The maximum atomic E-state index is 13.0. The van der Waals surface area contributed by atoms with Gasteiger partial charge in [-0.25, -0.2) is 9.78 Å². The highest BCUT2D eigenvalue weighted by atomic mass is 16.6. The molecule has 174 valence electrons. The first-order valence-electron chi connectivity index (χ1n) is 11.2. The summed E-state index contributed by atoms with van der Waals surface area (Å²) >= 11 is 0. The third-order valence-corrected chi connectivity index (χ3v) is 5.42. The second-order valence-electron chi connectivity index (χ2n) is 9.12. The van der Waals surface area contributed by atoms with Gasteiger partial charge in [-0.15, -0.1) is 0 Å². The number of benzene rings is 2. The van der Waals surface area contributed by atoms with Crippen molar-refractivity contribution in [1.82, 2.24) is 14.5 Å². The van der Waals surface area contributed by atoms with Crippen LogP contribution in [0.1, 0.15) is 43.4 Å². The van der Waals surface area contributed by atoms with Crippen LogP contribution in [0.5, 0.6) is 5.88 Å². The van der Waals surface area contributed by atoms with E-state index in [4.69, 9.17) is 4.74 Å². The Morgan fingerprint density at radius 1 is 1.03 bits per heavy atom. The van der Waals surface area contributed by atoms with Crippen molar-refractivity contribution >= 4 is 52.7 Å². The minimum Gasteiger partial charge on any atom is -0.493 e. The van der Waals surface area contributed by atoms with Gasteiger partial charge < -0.3 is 9.84 Å². The standard InChI is InChI=1S/C28H24N4O3/c1-28(2,3)35-27(34)32-25(14-13-18-8-6-12-22-20(18)10-7-15-29-22)31-24(26(32)33)16-19-17-30-23-11-5-4-9-21(19)23/h4-17,33H,1-3H3/b14-13+,19-16?. The molecule has 1 aliphatic rings. The number of allylic oxidation sites excluding steroid dienone is 1. The van der Waals surface area contributed by atoms with Crippen molar-refractivity contribution in [2.45, 2.75) is 26.4 Å². The molecule has 1 aliphatic heterocycles. The molecule has 4 aromatic rings. The van der Waals surface area contributed by atoms with Crippen molar-refractivity contribution in [3.8, 4) is 5.88 Å². The van der Waals surface area contributed by atoms with Gasteiger partial charge in [-0.2, -0.15) is 4.57 Å². The number of carbonyl (C=O) groups excluding carboxylic acids is 1. The Labute approximate surface area is 202 Å². The van der Waals surface area contributed by atoms with Gasteiger partial charge in [0.15, 0.2) is 0 Å². The molecule has 0 unspecified atom stereocenters. The van der Waals surface area contributed by atoms with Gasteiger partial charge in [0.1, 0.15) is 17.1 Å². The van der Waals surface area contributed by atoms with Crippen molar-refractivity contribution in [3.05, 3.63) is 83.4 Å². The minimum absolute atomic E-state index is 0.243. The van der Waals surface area contributed by atoms with E-state index < -0.39 is 11.7 Å². The maximum Gasteiger partial charge on any atom is 0.423 e. The van der Waals surface area contributed by atoms with E-state index in [1.165, 1.54) is 0 Å². The first kappa shape index (κ1) is 22.3. The summed E-state index contributed by atoms with van der Waals surface area (Å²) in [5, 5.41) is 12.0. The molecule has 5 rings (SSSR count). The zero-order chi connectivity index (χ0) is 24.6. The highest BCUT2D eigenvalue weighted by Crippen LogP contribution is 2.34. The van der Waals surface area contributed by atoms with Crippen molar-refractivity contribution in [3.63, 3.8) is 0 Å². The van der Waals surface area contributed by atoms with E-state index in [9.17, 15) is 9.90 Å². The van der Waals surface area contributed by atoms with Crippen LogP contribution in [-0.4, -0.2) is 37.6 Å². The van der Waals surface area contributed by atoms with Gasteiger partial charge >= 0.3 is 6.09 Å². The number of hydrogen-bond donors (Lipinski definition) is 1. The normalized spacial score (nSPS) is 14.2. The van der Waals surface area contributed by atoms with Crippen LogP contribution in [0, 0.1) is 0 Å². The zero-order valence-electron chi connectivity index (χ0n) is 19.6. The van der Waals surface area contributed by atoms with Gasteiger partial charge in [-0.05, 0) is 56.7 Å². The smallest absolute Gasteiger partial charge is 0.423 e. The van der Waals surface area contributed by atoms with E-state index in [-0.39, 0.29) is 17.4 Å². The zero-order valence-corrected chi connectivity index (χ0v) is 19.6. The van der Waals surface area contributed by atoms with Gasteiger partial charge in [0, 0.05) is 28.9 Å². The molecule has 0 saturated carbocycles. The number of para-hydroxylation sites is 1. The fraction of sp³-hybridized carbons (Fsp3) is 0.143. The Kier molecular flexibility index (Phi) is 5.53. The summed E-state index contributed by atoms with van der Waals surface area (Å²) in [5.74, 6) is -0.0588. The summed E-state index contributed by atoms with van der Waals surface area (Å²) in [4.78, 5) is 26.4. The SMILES string of the molecule is CC(C)(C)OC(=O)n1c(/C=C/c2cccc3ncccc23)nc(C=C2C=Nc3ccccc32)c1O. The number of imidazole rings is 1. The lowest BCUT2D eigenvalue weighted by molar-refractivity contribution is 0.0524. The number of rotatable bonds is 3. The average molecular weight is 465 g/mol. The number of carbonyl (C=O) groups is 1. The average Bonchev–Trinajstić information content (AvgIpc) is 3.37. The highest BCUT2D eigenvalue weighted by molar-refractivity contribution is 6.21. The number of fused-ring (bicyclic) bond motifs is 2. The Balaban J connectivity index is 1.60. The van der Waals surface area contributed by atoms with Gasteiger partial charge in [0.25, 0.3) is 0 Å². The van der Waals surface area contributed by atoms with Gasteiger partial charge in [0.2, 0.25) is 5.88 Å². The van der Waals surface area contributed by atoms with E-state index in [1.807, 2.05) is 60.7 Å². The van der Waals surface area contributed by atoms with Gasteiger partial charge in [0.05, 0.1) is 11.2 Å². The van der Waals surface area contributed by atoms with E-state index in [0.29, 0.717) is 0 Å². The Hall–Kier alpha value is -4.52. The first-order chi connectivity index (χ1) is 16.8. The third-order valence-electron chi connectivity index (χ3n) is 5.42. The molecule has 0 saturated heterocycles. The fourth-order valence-corrected chi connectivity index (χ4v) is 3.88. The molecule has 7 heteroatoms. The molecule has 7 nitrogen and oxygen atoms in total. The summed E-state index contributed by atoms with van der Waals surface area (Å²) in [6.07, 6.45) is 7.99. The van der Waals surface area contributed by atoms with E-state index in [0.717, 1.165) is 37.9 Å². The molecule has 2 aromatic carbocycles. The van der Waals surface area contributed by atoms with Crippen LogP contribution in [0.2, 0.25) is 0 Å². The van der Waals surface area contributed by atoms with Crippen LogP contribution in [-0.2, 0) is 4.74 Å². The molecule has 0 aliphatic carbocycles. The van der Waals surface area contributed by atoms with Crippen molar-refractivity contribution < 1.29 is 14.6 Å². The molecule has 3 heterocycles. The van der Waals surface area contributed by atoms with Crippen molar-refractivity contribution in [2.24, 2.45) is 4.99 Å². The second kappa shape index (κ2) is 8.68. The molecule has 35 heavy (non-hydrogen) atoms. The topological polar surface area (TPSA) is 89.6 Å². The molecule has 0 radical (unpaired) electrons. The molecule has 0 amide bonds. The summed E-state index contributed by atoms with van der Waals surface area (Å²) in [7, 11) is 0. The lowest BCUT2D eigenvalue weighted by Crippen LogP contribution is -2.27. The molecular formula is C28H24N4O3. The van der Waals surface area contributed by atoms with Crippen LogP contribution in [0.25, 0.3) is 34.7 Å². The highest BCUT2D eigenvalue weighted by Gasteiger charge is 2.25. The number of nitrogens with zero attached hydrogens (tertiary/aromatic N) is 4. The monoisotopic (exact) mass is 464 g/mol. The number of aromatic nitrogens is 3. The van der Waals surface area contributed by atoms with Gasteiger partial charge in [-0.1, -0.05) is 42.5 Å². The summed E-state index contributed by atoms with van der Waals surface area (Å²) < 4.78 is 6.62. The molecule has 2 aromatic heterocycles. The molecule has 0 spiro atoms. The number of pyridine rings is 1. The summed E-state index contributed by atoms with van der Waals surface area (Å²) in [6.45, 7) is 5.31. The lowest BCUT2D eigenvalue weighted by Gasteiger charge is -2.20. The second-order valence-corrected chi connectivity index (χ2v) is 9.12. The Bertz CT molecular complexity index is 1530. The summed E-state index contributed by atoms with van der Waals surface area (Å²) in [6, 6.07) is 17.4. The van der Waals surface area contributed by atoms with Crippen LogP contribution < -0.4 is 0 Å². The van der Waals surface area contributed by atoms with Crippen LogP contribution in [0.4, 0.5) is 10.5 Å². The summed E-state index contributed by atoms with van der Waals surface area (Å²) in [5.41, 5.74) is 3.83. The van der Waals surface area contributed by atoms with E-state index >= 15 is 0 Å². The molecular weight excluding hydrogens is 440 g/mol. The predicted molar refractivity (Wildman–Crippen MR) is 139 cm³/mol. The Morgan fingerprint density at radius 2 is 1.86 bits per heavy atom. The predicted octanol–water partition coefficient (Wildman–Crippen LogP) is 6.35. The van der Waals surface area contributed by atoms with Crippen LogP contribution in [0.15, 0.2) is 65.8 Å². The third kappa shape index (κ3) is 4.48. The molecule has 0 bridgehead atoms. The lowest BCUT2D eigenvalue weighted by atomic mass is 10.1. The van der Waals surface area contributed by atoms with Gasteiger partial charge in [-0.3, -0.25) is 9.98 Å². The first-order valence-corrected chi connectivity index (χ1v) is 11.2. The molecule has 0 atom stereocenters. The van der Waals surface area contributed by atoms with Crippen LogP contribution in [0.3, 0.4) is 0 Å². The fourth-order valence-electron chi connectivity index (χ4n) is 3.88. The number of hydrogen-bond acceptors (Lipinski definition) is 6. The quantitative estimate of drug-likeness (QED) is 0.382. The number of ether oxygens (including phenoxy) is 1. The van der Waals surface area contributed by atoms with Crippen LogP contribution >= 0.6 is 0 Å². The Morgan fingerprint density at radius 3 is 2.69 bits per heavy atom. The van der Waals surface area contributed by atoms with Crippen molar-refractivity contribution in [2.75, 3.05) is 0 Å². The van der Waals surface area contributed by atoms with Crippen molar-refractivity contribution in [1.29, 1.82) is 0 Å². The molecule has 0 fully saturated rings. The minimum atomic E-state index is -0.744. The largest absolute Gasteiger partial charge is 0.493 e. The number of aromatic hydroxyl groups is 1.